The lowest BCUT2D eigenvalue weighted by Crippen LogP contribution is -2.40. The molecule has 0 aromatic carbocycles. The average molecular weight is 235 g/mol. The van der Waals surface area contributed by atoms with Gasteiger partial charge >= 0.3 is 0 Å². The van der Waals surface area contributed by atoms with Crippen LogP contribution in [0.4, 0.5) is 0 Å². The summed E-state index contributed by atoms with van der Waals surface area (Å²) >= 11 is 0. The van der Waals surface area contributed by atoms with Crippen molar-refractivity contribution >= 4 is 12.2 Å². The Hall–Kier alpha value is -1.58. The van der Waals surface area contributed by atoms with Gasteiger partial charge in [-0.15, -0.1) is 0 Å². The highest BCUT2D eigenvalue weighted by Crippen LogP contribution is 2.15. The van der Waals surface area contributed by atoms with Crippen LogP contribution in [-0.4, -0.2) is 36.3 Å². The normalized spacial score (nSPS) is 20.9. The maximum absolute atomic E-state index is 10.9. The van der Waals surface area contributed by atoms with E-state index in [2.05, 4.69) is 23.5 Å². The first-order valence-electron chi connectivity index (χ1n) is 5.98. The summed E-state index contributed by atoms with van der Waals surface area (Å²) in [7, 11) is 0. The maximum Gasteiger partial charge on any atom is 0.210 e. The zero-order chi connectivity index (χ0) is 12.7. The first-order chi connectivity index (χ1) is 8.17. The molecular formula is C13H21N3O. The number of nitrogens with one attached hydrogen (secondary N) is 1. The molecule has 1 aliphatic rings. The predicted octanol–water partition coefficient (Wildman–Crippen LogP) is 1.71. The first-order valence-corrected chi connectivity index (χ1v) is 5.98. The fourth-order valence-electron chi connectivity index (χ4n) is 1.94. The van der Waals surface area contributed by atoms with Crippen LogP contribution >= 0.6 is 0 Å². The second-order valence-corrected chi connectivity index (χ2v) is 4.33. The van der Waals surface area contributed by atoms with Crippen LogP contribution in [0.2, 0.25) is 0 Å². The van der Waals surface area contributed by atoms with Crippen LogP contribution in [0.5, 0.6) is 0 Å². The molecule has 1 heterocycles. The third kappa shape index (κ3) is 4.43. The average Bonchev–Trinajstić information content (AvgIpc) is 2.34. The van der Waals surface area contributed by atoms with Gasteiger partial charge in [-0.3, -0.25) is 9.79 Å². The summed E-state index contributed by atoms with van der Waals surface area (Å²) < 4.78 is 0. The quantitative estimate of drug-likeness (QED) is 0.448. The van der Waals surface area contributed by atoms with Gasteiger partial charge in [0.2, 0.25) is 6.41 Å². The minimum absolute atomic E-state index is 0.225. The molecular weight excluding hydrogens is 214 g/mol. The third-order valence-corrected chi connectivity index (χ3v) is 2.82. The number of hydrogen-bond donors (Lipinski definition) is 1. The van der Waals surface area contributed by atoms with Crippen molar-refractivity contribution in [1.82, 2.24) is 10.2 Å². The van der Waals surface area contributed by atoms with Gasteiger partial charge in [0.05, 0.1) is 12.6 Å². The van der Waals surface area contributed by atoms with Crippen molar-refractivity contribution in [2.24, 2.45) is 4.99 Å². The molecule has 1 unspecified atom stereocenters. The largest absolute Gasteiger partial charge is 0.345 e. The topological polar surface area (TPSA) is 44.7 Å². The zero-order valence-electron chi connectivity index (χ0n) is 10.5. The Kier molecular flexibility index (Phi) is 5.46. The lowest BCUT2D eigenvalue weighted by Gasteiger charge is -2.31. The maximum atomic E-state index is 10.9. The van der Waals surface area contributed by atoms with E-state index < -0.39 is 0 Å². The molecule has 1 N–H and O–H groups in total. The van der Waals surface area contributed by atoms with Crippen molar-refractivity contribution in [2.45, 2.75) is 32.2 Å². The molecule has 4 heteroatoms. The minimum atomic E-state index is 0.225. The van der Waals surface area contributed by atoms with E-state index in [4.69, 9.17) is 0 Å². The molecule has 0 aliphatic carbocycles. The highest BCUT2D eigenvalue weighted by atomic mass is 16.1. The molecule has 1 rings (SSSR count). The molecule has 0 bridgehead atoms. The molecule has 0 saturated carbocycles. The number of hydrogen-bond acceptors (Lipinski definition) is 2. The number of likely N-dealkylation sites (tertiary alicyclic amines) is 1. The molecule has 4 nitrogen and oxygen atoms in total. The van der Waals surface area contributed by atoms with Crippen LogP contribution in [0.3, 0.4) is 0 Å². The zero-order valence-corrected chi connectivity index (χ0v) is 10.5. The Labute approximate surface area is 103 Å². The fraction of sp³-hybridized carbons (Fsp3) is 0.538. The van der Waals surface area contributed by atoms with Crippen LogP contribution in [0.25, 0.3) is 0 Å². The van der Waals surface area contributed by atoms with Crippen molar-refractivity contribution in [2.75, 3.05) is 13.1 Å². The van der Waals surface area contributed by atoms with Crippen molar-refractivity contribution in [1.29, 1.82) is 0 Å². The minimum Gasteiger partial charge on any atom is -0.345 e. The van der Waals surface area contributed by atoms with Gasteiger partial charge in [0.1, 0.15) is 5.84 Å². The third-order valence-electron chi connectivity index (χ3n) is 2.82. The summed E-state index contributed by atoms with van der Waals surface area (Å²) in [5.41, 5.74) is 0.833. The summed E-state index contributed by atoms with van der Waals surface area (Å²) in [4.78, 5) is 17.2. The van der Waals surface area contributed by atoms with Gasteiger partial charge in [-0.2, -0.15) is 0 Å². The number of aliphatic imine (C=N–C) groups is 1. The predicted molar refractivity (Wildman–Crippen MR) is 70.9 cm³/mol. The van der Waals surface area contributed by atoms with Crippen LogP contribution < -0.4 is 5.32 Å². The summed E-state index contributed by atoms with van der Waals surface area (Å²) in [6, 6.07) is 0.225. The summed E-state index contributed by atoms with van der Waals surface area (Å²) in [5.74, 6) is 0.717. The van der Waals surface area contributed by atoms with E-state index >= 15 is 0 Å². The van der Waals surface area contributed by atoms with Crippen molar-refractivity contribution in [3.05, 3.63) is 24.9 Å². The Morgan fingerprint density at radius 3 is 2.94 bits per heavy atom. The standard InChI is InChI=1S/C13H21N3O/c1-4-13(15-11(2)3)14-9-12-7-5-6-8-16(12)10-17/h4,10,12H,1-2,5-9H2,3H3,(H,14,15). The van der Waals surface area contributed by atoms with E-state index in [1.807, 2.05) is 11.8 Å². The molecule has 0 aromatic rings. The molecule has 94 valence electrons. The molecule has 1 amide bonds. The Balaban J connectivity index is 2.56. The molecule has 1 fully saturated rings. The molecule has 0 radical (unpaired) electrons. The molecule has 1 aliphatic heterocycles. The Morgan fingerprint density at radius 2 is 2.35 bits per heavy atom. The number of allylic oxidation sites excluding steroid dienone is 1. The van der Waals surface area contributed by atoms with Gasteiger partial charge in [0, 0.05) is 12.2 Å². The van der Waals surface area contributed by atoms with Crippen LogP contribution in [0.15, 0.2) is 29.9 Å². The van der Waals surface area contributed by atoms with Crippen LogP contribution in [0.1, 0.15) is 26.2 Å². The summed E-state index contributed by atoms with van der Waals surface area (Å²) in [6.07, 6.45) is 5.89. The number of amides is 1. The summed E-state index contributed by atoms with van der Waals surface area (Å²) in [6.45, 7) is 10.8. The highest BCUT2D eigenvalue weighted by Gasteiger charge is 2.20. The van der Waals surface area contributed by atoms with Crippen molar-refractivity contribution in [3.63, 3.8) is 0 Å². The molecule has 17 heavy (non-hydrogen) atoms. The lowest BCUT2D eigenvalue weighted by molar-refractivity contribution is -0.121. The van der Waals surface area contributed by atoms with E-state index in [-0.39, 0.29) is 6.04 Å². The number of rotatable bonds is 5. The van der Waals surface area contributed by atoms with Crippen LogP contribution in [-0.2, 0) is 4.79 Å². The van der Waals surface area contributed by atoms with Gasteiger partial charge in [0.15, 0.2) is 0 Å². The van der Waals surface area contributed by atoms with Crippen LogP contribution in [0, 0.1) is 0 Å². The fourth-order valence-corrected chi connectivity index (χ4v) is 1.94. The Bertz CT molecular complexity index is 323. The van der Waals surface area contributed by atoms with Gasteiger partial charge in [0.25, 0.3) is 0 Å². The van der Waals surface area contributed by atoms with E-state index in [9.17, 15) is 4.79 Å². The molecule has 1 atom stereocenters. The smallest absolute Gasteiger partial charge is 0.210 e. The van der Waals surface area contributed by atoms with Gasteiger partial charge in [-0.1, -0.05) is 13.2 Å². The molecule has 0 spiro atoms. The second-order valence-electron chi connectivity index (χ2n) is 4.33. The summed E-state index contributed by atoms with van der Waals surface area (Å²) in [5, 5.41) is 3.03. The SMILES string of the molecule is C=CC(=NCC1CCCCN1C=O)NC(=C)C. The van der Waals surface area contributed by atoms with Gasteiger partial charge in [-0.05, 0) is 32.3 Å². The second kappa shape index (κ2) is 6.89. The number of amidine groups is 1. The van der Waals surface area contributed by atoms with Gasteiger partial charge < -0.3 is 10.2 Å². The van der Waals surface area contributed by atoms with E-state index in [1.54, 1.807) is 6.08 Å². The highest BCUT2D eigenvalue weighted by molar-refractivity contribution is 5.93. The van der Waals surface area contributed by atoms with Crippen molar-refractivity contribution < 1.29 is 4.79 Å². The number of piperidine rings is 1. The number of carbonyl (C=O) groups is 1. The van der Waals surface area contributed by atoms with E-state index in [0.717, 1.165) is 31.5 Å². The number of carbonyl (C=O) groups excluding carboxylic acids is 1. The van der Waals surface area contributed by atoms with E-state index in [1.165, 1.54) is 6.42 Å². The molecule has 0 aromatic heterocycles. The van der Waals surface area contributed by atoms with Crippen molar-refractivity contribution in [3.8, 4) is 0 Å². The first kappa shape index (κ1) is 13.5. The molecule has 1 saturated heterocycles. The lowest BCUT2D eigenvalue weighted by atomic mass is 10.0. The number of nitrogens with zero attached hydrogens (tertiary/aromatic N) is 2. The Morgan fingerprint density at radius 1 is 1.59 bits per heavy atom. The monoisotopic (exact) mass is 235 g/mol. The van der Waals surface area contributed by atoms with Gasteiger partial charge in [-0.25, -0.2) is 0 Å². The van der Waals surface area contributed by atoms with E-state index in [0.29, 0.717) is 12.4 Å².